The molecule has 2 amide bonds. The van der Waals surface area contributed by atoms with Crippen molar-refractivity contribution in [1.29, 1.82) is 0 Å². The van der Waals surface area contributed by atoms with Gasteiger partial charge in [0.25, 0.3) is 0 Å². The average molecular weight is 345 g/mol. The van der Waals surface area contributed by atoms with Crippen LogP contribution < -0.4 is 5.32 Å². The normalized spacial score (nSPS) is 19.4. The van der Waals surface area contributed by atoms with Crippen LogP contribution in [-0.4, -0.2) is 68.1 Å². The third-order valence-electron chi connectivity index (χ3n) is 5.09. The van der Waals surface area contributed by atoms with Crippen LogP contribution in [0.25, 0.3) is 0 Å². The van der Waals surface area contributed by atoms with Gasteiger partial charge in [-0.15, -0.1) is 0 Å². The maximum atomic E-state index is 12.5. The van der Waals surface area contributed by atoms with Crippen LogP contribution in [0, 0.1) is 0 Å². The fourth-order valence-corrected chi connectivity index (χ4v) is 3.52. The van der Waals surface area contributed by atoms with E-state index in [4.69, 9.17) is 4.74 Å². The summed E-state index contributed by atoms with van der Waals surface area (Å²) in [6.07, 6.45) is 3.07. The number of nitrogens with zero attached hydrogens (tertiary/aromatic N) is 2. The number of carbonyl (C=O) groups excluding carboxylic acids is 2. The third-order valence-corrected chi connectivity index (χ3v) is 5.09. The van der Waals surface area contributed by atoms with E-state index >= 15 is 0 Å². The molecule has 0 aromatic heterocycles. The van der Waals surface area contributed by atoms with Crippen LogP contribution in [-0.2, 0) is 19.9 Å². The number of carbonyl (C=O) groups is 2. The third kappa shape index (κ3) is 4.38. The van der Waals surface area contributed by atoms with Gasteiger partial charge in [-0.2, -0.15) is 0 Å². The van der Waals surface area contributed by atoms with Gasteiger partial charge in [-0.05, 0) is 31.9 Å². The second kappa shape index (κ2) is 7.97. The van der Waals surface area contributed by atoms with Crippen molar-refractivity contribution in [3.8, 4) is 0 Å². The summed E-state index contributed by atoms with van der Waals surface area (Å²) in [7, 11) is 1.81. The van der Waals surface area contributed by atoms with E-state index in [0.717, 1.165) is 19.3 Å². The Bertz CT molecular complexity index is 595. The lowest BCUT2D eigenvalue weighted by molar-refractivity contribution is -0.136. The van der Waals surface area contributed by atoms with Crippen molar-refractivity contribution in [2.24, 2.45) is 0 Å². The lowest BCUT2D eigenvalue weighted by Gasteiger charge is -2.43. The highest BCUT2D eigenvalue weighted by Crippen LogP contribution is 2.41. The van der Waals surface area contributed by atoms with Crippen molar-refractivity contribution in [2.75, 3.05) is 46.4 Å². The van der Waals surface area contributed by atoms with Crippen molar-refractivity contribution in [1.82, 2.24) is 15.1 Å². The summed E-state index contributed by atoms with van der Waals surface area (Å²) < 4.78 is 5.26. The fraction of sp³-hybridized carbons (Fsp3) is 0.579. The first-order chi connectivity index (χ1) is 12.1. The monoisotopic (exact) mass is 345 g/mol. The molecule has 1 aromatic rings. The molecule has 6 heteroatoms. The van der Waals surface area contributed by atoms with Gasteiger partial charge in [0.15, 0.2) is 0 Å². The van der Waals surface area contributed by atoms with Gasteiger partial charge in [-0.1, -0.05) is 30.3 Å². The number of rotatable bonds is 6. The minimum Gasteiger partial charge on any atom is -0.378 e. The van der Waals surface area contributed by atoms with E-state index in [1.807, 2.05) is 25.2 Å². The van der Waals surface area contributed by atoms with Gasteiger partial charge < -0.3 is 15.0 Å². The molecule has 1 saturated carbocycles. The van der Waals surface area contributed by atoms with Crippen LogP contribution in [0.4, 0.5) is 0 Å². The highest BCUT2D eigenvalue weighted by atomic mass is 16.5. The van der Waals surface area contributed by atoms with E-state index in [9.17, 15) is 9.59 Å². The molecule has 0 atom stereocenters. The molecule has 2 fully saturated rings. The Morgan fingerprint density at radius 3 is 2.44 bits per heavy atom. The Labute approximate surface area is 149 Å². The zero-order valence-electron chi connectivity index (χ0n) is 14.9. The van der Waals surface area contributed by atoms with Crippen LogP contribution >= 0.6 is 0 Å². The number of ether oxygens (including phenoxy) is 1. The molecule has 25 heavy (non-hydrogen) atoms. The minimum absolute atomic E-state index is 0.0270. The van der Waals surface area contributed by atoms with Gasteiger partial charge >= 0.3 is 0 Å². The van der Waals surface area contributed by atoms with Gasteiger partial charge in [0, 0.05) is 13.1 Å². The molecular formula is C19H27N3O3. The summed E-state index contributed by atoms with van der Waals surface area (Å²) in [5, 5.41) is 3.20. The number of hydrogen-bond acceptors (Lipinski definition) is 4. The minimum atomic E-state index is -0.229. The van der Waals surface area contributed by atoms with Crippen molar-refractivity contribution < 1.29 is 14.3 Å². The van der Waals surface area contributed by atoms with E-state index in [-0.39, 0.29) is 30.4 Å². The molecule has 1 aliphatic heterocycles. The highest BCUT2D eigenvalue weighted by molar-refractivity contribution is 5.82. The lowest BCUT2D eigenvalue weighted by Crippen LogP contribution is -2.53. The zero-order valence-corrected chi connectivity index (χ0v) is 14.9. The van der Waals surface area contributed by atoms with Crippen LogP contribution in [0.15, 0.2) is 30.3 Å². The SMILES string of the molecule is CN(CC(=O)NC1(c2ccccc2)CCC1)CC(=O)N1CCOCC1. The topological polar surface area (TPSA) is 61.9 Å². The summed E-state index contributed by atoms with van der Waals surface area (Å²) in [5.41, 5.74) is 0.939. The molecule has 1 saturated heterocycles. The molecule has 0 radical (unpaired) electrons. The number of likely N-dealkylation sites (N-methyl/N-ethyl adjacent to an activating group) is 1. The largest absolute Gasteiger partial charge is 0.378 e. The molecule has 1 N–H and O–H groups in total. The quantitative estimate of drug-likeness (QED) is 0.835. The molecule has 1 aromatic carbocycles. The summed E-state index contributed by atoms with van der Waals surface area (Å²) in [4.78, 5) is 28.3. The standard InChI is InChI=1S/C19H27N3O3/c1-21(15-18(24)22-10-12-25-13-11-22)14-17(23)20-19(8-5-9-19)16-6-3-2-4-7-16/h2-4,6-7H,5,8-15H2,1H3,(H,20,23). The lowest BCUT2D eigenvalue weighted by atomic mass is 9.72. The van der Waals surface area contributed by atoms with E-state index in [1.54, 1.807) is 9.80 Å². The van der Waals surface area contributed by atoms with Gasteiger partial charge in [-0.25, -0.2) is 0 Å². The first-order valence-corrected chi connectivity index (χ1v) is 9.00. The van der Waals surface area contributed by atoms with E-state index in [1.165, 1.54) is 5.56 Å². The van der Waals surface area contributed by atoms with Crippen LogP contribution in [0.1, 0.15) is 24.8 Å². The second-order valence-corrected chi connectivity index (χ2v) is 7.02. The molecule has 1 aliphatic carbocycles. The van der Waals surface area contributed by atoms with Gasteiger partial charge in [-0.3, -0.25) is 14.5 Å². The van der Waals surface area contributed by atoms with Gasteiger partial charge in [0.05, 0.1) is 31.8 Å². The second-order valence-electron chi connectivity index (χ2n) is 7.02. The number of nitrogens with one attached hydrogen (secondary N) is 1. The Morgan fingerprint density at radius 1 is 1.16 bits per heavy atom. The van der Waals surface area contributed by atoms with E-state index in [2.05, 4.69) is 17.4 Å². The Kier molecular flexibility index (Phi) is 5.71. The first kappa shape index (κ1) is 17.9. The van der Waals surface area contributed by atoms with E-state index in [0.29, 0.717) is 26.3 Å². The predicted octanol–water partition coefficient (Wildman–Crippen LogP) is 0.973. The van der Waals surface area contributed by atoms with Crippen molar-refractivity contribution in [3.63, 3.8) is 0 Å². The summed E-state index contributed by atoms with van der Waals surface area (Å²) in [5.74, 6) is 0.0286. The Hall–Kier alpha value is -1.92. The Morgan fingerprint density at radius 2 is 1.84 bits per heavy atom. The average Bonchev–Trinajstić information content (AvgIpc) is 2.59. The number of amides is 2. The molecule has 6 nitrogen and oxygen atoms in total. The predicted molar refractivity (Wildman–Crippen MR) is 95.0 cm³/mol. The summed E-state index contributed by atoms with van der Waals surface area (Å²) in [6, 6.07) is 10.2. The molecule has 0 bridgehead atoms. The van der Waals surface area contributed by atoms with Crippen LogP contribution in [0.3, 0.4) is 0 Å². The van der Waals surface area contributed by atoms with Gasteiger partial charge in [0.1, 0.15) is 0 Å². The molecular weight excluding hydrogens is 318 g/mol. The number of morpholine rings is 1. The molecule has 0 unspecified atom stereocenters. The van der Waals surface area contributed by atoms with Crippen LogP contribution in [0.2, 0.25) is 0 Å². The molecule has 136 valence electrons. The van der Waals surface area contributed by atoms with Crippen molar-refractivity contribution in [2.45, 2.75) is 24.8 Å². The maximum Gasteiger partial charge on any atom is 0.236 e. The molecule has 3 rings (SSSR count). The molecule has 2 aliphatic rings. The fourth-order valence-electron chi connectivity index (χ4n) is 3.52. The molecule has 0 spiro atoms. The van der Waals surface area contributed by atoms with Crippen LogP contribution in [0.5, 0.6) is 0 Å². The summed E-state index contributed by atoms with van der Waals surface area (Å²) >= 11 is 0. The van der Waals surface area contributed by atoms with Gasteiger partial charge in [0.2, 0.25) is 11.8 Å². The van der Waals surface area contributed by atoms with Crippen molar-refractivity contribution >= 4 is 11.8 Å². The first-order valence-electron chi connectivity index (χ1n) is 9.00. The van der Waals surface area contributed by atoms with Crippen molar-refractivity contribution in [3.05, 3.63) is 35.9 Å². The number of hydrogen-bond donors (Lipinski definition) is 1. The number of benzene rings is 1. The summed E-state index contributed by atoms with van der Waals surface area (Å²) in [6.45, 7) is 2.94. The maximum absolute atomic E-state index is 12.5. The zero-order chi connectivity index (χ0) is 17.7. The highest BCUT2D eigenvalue weighted by Gasteiger charge is 2.39. The smallest absolute Gasteiger partial charge is 0.236 e. The Balaban J connectivity index is 1.50. The van der Waals surface area contributed by atoms with E-state index < -0.39 is 0 Å². The molecule has 1 heterocycles.